The summed E-state index contributed by atoms with van der Waals surface area (Å²) in [7, 11) is 0.139. The number of sulfone groups is 1. The van der Waals surface area contributed by atoms with Crippen molar-refractivity contribution in [2.75, 3.05) is 25.7 Å². The highest BCUT2D eigenvalue weighted by Gasteiger charge is 2.47. The summed E-state index contributed by atoms with van der Waals surface area (Å²) >= 11 is 0. The number of nitrogens with one attached hydrogen (secondary N) is 1. The average molecular weight is 291 g/mol. The number of esters is 1. The molecule has 112 valence electrons. The Kier molecular flexibility index (Phi) is 5.80. The second-order valence-electron chi connectivity index (χ2n) is 5.68. The minimum Gasteiger partial charge on any atom is -0.469 e. The summed E-state index contributed by atoms with van der Waals surface area (Å²) in [6.45, 7) is 2.03. The fraction of sp³-hybridized carbons (Fsp3) is 0.923. The molecular weight excluding hydrogens is 266 g/mol. The molecule has 0 bridgehead atoms. The van der Waals surface area contributed by atoms with Crippen molar-refractivity contribution >= 4 is 15.8 Å². The summed E-state index contributed by atoms with van der Waals surface area (Å²) in [6.07, 6.45) is 3.37. The van der Waals surface area contributed by atoms with Gasteiger partial charge in [0, 0.05) is 6.04 Å². The van der Waals surface area contributed by atoms with Crippen molar-refractivity contribution in [3.63, 3.8) is 0 Å². The van der Waals surface area contributed by atoms with Gasteiger partial charge in [0.25, 0.3) is 0 Å². The Bertz CT molecular complexity index is 401. The zero-order chi connectivity index (χ0) is 14.5. The number of carbonyl (C=O) groups excluding carboxylic acids is 1. The topological polar surface area (TPSA) is 72.5 Å². The largest absolute Gasteiger partial charge is 0.469 e. The van der Waals surface area contributed by atoms with Crippen molar-refractivity contribution in [3.05, 3.63) is 0 Å². The molecule has 1 rings (SSSR count). The lowest BCUT2D eigenvalue weighted by molar-refractivity contribution is -0.141. The first kappa shape index (κ1) is 16.4. The van der Waals surface area contributed by atoms with Crippen molar-refractivity contribution in [2.45, 2.75) is 45.1 Å². The van der Waals surface area contributed by atoms with Crippen molar-refractivity contribution < 1.29 is 17.9 Å². The molecule has 1 N–H and O–H groups in total. The van der Waals surface area contributed by atoms with Crippen LogP contribution in [0.5, 0.6) is 0 Å². The molecule has 0 saturated heterocycles. The molecule has 0 spiro atoms. The van der Waals surface area contributed by atoms with Crippen LogP contribution in [-0.2, 0) is 19.4 Å². The fourth-order valence-electron chi connectivity index (χ4n) is 2.22. The first-order valence-electron chi connectivity index (χ1n) is 6.77. The SMILES string of the molecule is CNC(C)CCCS(=O)(=O)CC1(CC(=O)OC)CC1. The van der Waals surface area contributed by atoms with Crippen molar-refractivity contribution in [3.8, 4) is 0 Å². The van der Waals surface area contributed by atoms with Crippen LogP contribution < -0.4 is 5.32 Å². The molecule has 6 heteroatoms. The molecule has 1 fully saturated rings. The van der Waals surface area contributed by atoms with E-state index in [0.717, 1.165) is 19.3 Å². The van der Waals surface area contributed by atoms with Gasteiger partial charge in [-0.25, -0.2) is 8.42 Å². The normalized spacial score (nSPS) is 18.9. The number of hydrogen-bond acceptors (Lipinski definition) is 5. The molecule has 1 aliphatic rings. The highest BCUT2D eigenvalue weighted by molar-refractivity contribution is 7.91. The molecule has 1 saturated carbocycles. The third-order valence-corrected chi connectivity index (χ3v) is 5.78. The summed E-state index contributed by atoms with van der Waals surface area (Å²) in [6, 6.07) is 0.333. The maximum atomic E-state index is 12.1. The lowest BCUT2D eigenvalue weighted by atomic mass is 10.1. The monoisotopic (exact) mass is 291 g/mol. The van der Waals surface area contributed by atoms with Crippen molar-refractivity contribution in [1.29, 1.82) is 0 Å². The van der Waals surface area contributed by atoms with Gasteiger partial charge >= 0.3 is 5.97 Å². The van der Waals surface area contributed by atoms with Crippen LogP contribution in [0.1, 0.15) is 39.0 Å². The lowest BCUT2D eigenvalue weighted by Gasteiger charge is -2.14. The molecule has 0 aromatic heterocycles. The molecule has 0 aliphatic heterocycles. The Morgan fingerprint density at radius 1 is 1.42 bits per heavy atom. The number of hydrogen-bond donors (Lipinski definition) is 1. The molecule has 19 heavy (non-hydrogen) atoms. The standard InChI is InChI=1S/C13H25NO4S/c1-11(14-2)5-4-8-19(16,17)10-13(6-7-13)9-12(15)18-3/h11,14H,4-10H2,1-3H3. The third-order valence-electron chi connectivity index (χ3n) is 3.82. The van der Waals surface area contributed by atoms with Gasteiger partial charge in [-0.05, 0) is 45.1 Å². The Balaban J connectivity index is 2.40. The van der Waals surface area contributed by atoms with E-state index >= 15 is 0 Å². The van der Waals surface area contributed by atoms with Gasteiger partial charge in [0.15, 0.2) is 9.84 Å². The van der Waals surface area contributed by atoms with E-state index in [1.54, 1.807) is 0 Å². The molecule has 1 unspecified atom stereocenters. The summed E-state index contributed by atoms with van der Waals surface area (Å²) in [5, 5.41) is 3.09. The Morgan fingerprint density at radius 2 is 2.05 bits per heavy atom. The Morgan fingerprint density at radius 3 is 2.53 bits per heavy atom. The van der Waals surface area contributed by atoms with Crippen LogP contribution in [-0.4, -0.2) is 46.1 Å². The molecule has 0 aromatic rings. The van der Waals surface area contributed by atoms with E-state index in [9.17, 15) is 13.2 Å². The van der Waals surface area contributed by atoms with Gasteiger partial charge in [0.2, 0.25) is 0 Å². The van der Waals surface area contributed by atoms with Crippen LogP contribution in [0, 0.1) is 5.41 Å². The summed E-state index contributed by atoms with van der Waals surface area (Å²) in [5.74, 6) is 0.0295. The van der Waals surface area contributed by atoms with E-state index in [1.165, 1.54) is 7.11 Å². The van der Waals surface area contributed by atoms with Gasteiger partial charge < -0.3 is 10.1 Å². The molecule has 5 nitrogen and oxygen atoms in total. The highest BCUT2D eigenvalue weighted by atomic mass is 32.2. The Hall–Kier alpha value is -0.620. The van der Waals surface area contributed by atoms with E-state index in [0.29, 0.717) is 12.5 Å². The molecule has 0 amide bonds. The summed E-state index contributed by atoms with van der Waals surface area (Å²) < 4.78 is 28.7. The smallest absolute Gasteiger partial charge is 0.306 e. The first-order valence-corrected chi connectivity index (χ1v) is 8.59. The Labute approximate surface area is 116 Å². The van der Waals surface area contributed by atoms with E-state index in [1.807, 2.05) is 14.0 Å². The van der Waals surface area contributed by atoms with E-state index in [4.69, 9.17) is 0 Å². The highest BCUT2D eigenvalue weighted by Crippen LogP contribution is 2.50. The molecular formula is C13H25NO4S. The van der Waals surface area contributed by atoms with E-state index < -0.39 is 9.84 Å². The maximum Gasteiger partial charge on any atom is 0.306 e. The maximum absolute atomic E-state index is 12.1. The molecule has 1 aliphatic carbocycles. The van der Waals surface area contributed by atoms with Gasteiger partial charge in [0.1, 0.15) is 0 Å². The minimum absolute atomic E-state index is 0.128. The van der Waals surface area contributed by atoms with Gasteiger partial charge in [-0.2, -0.15) is 0 Å². The molecule has 1 atom stereocenters. The van der Waals surface area contributed by atoms with Gasteiger partial charge in [0.05, 0.1) is 25.0 Å². The average Bonchev–Trinajstić information content (AvgIpc) is 3.06. The summed E-state index contributed by atoms with van der Waals surface area (Å²) in [4.78, 5) is 11.3. The fourth-order valence-corrected chi connectivity index (χ4v) is 4.29. The zero-order valence-corrected chi connectivity index (χ0v) is 12.9. The number of carbonyl (C=O) groups is 1. The van der Waals surface area contributed by atoms with E-state index in [2.05, 4.69) is 10.1 Å². The van der Waals surface area contributed by atoms with Gasteiger partial charge in [-0.1, -0.05) is 0 Å². The number of ether oxygens (including phenoxy) is 1. The third kappa shape index (κ3) is 5.91. The first-order chi connectivity index (χ1) is 8.82. The molecule has 0 heterocycles. The van der Waals surface area contributed by atoms with Gasteiger partial charge in [-0.3, -0.25) is 4.79 Å². The van der Waals surface area contributed by atoms with Gasteiger partial charge in [-0.15, -0.1) is 0 Å². The van der Waals surface area contributed by atoms with E-state index in [-0.39, 0.29) is 29.3 Å². The van der Waals surface area contributed by atoms with Crippen LogP contribution in [0.25, 0.3) is 0 Å². The summed E-state index contributed by atoms with van der Waals surface area (Å²) in [5.41, 5.74) is -0.333. The predicted molar refractivity (Wildman–Crippen MR) is 74.7 cm³/mol. The van der Waals surface area contributed by atoms with Crippen LogP contribution in [0.4, 0.5) is 0 Å². The molecule has 0 aromatic carbocycles. The van der Waals surface area contributed by atoms with Crippen LogP contribution in [0.2, 0.25) is 0 Å². The minimum atomic E-state index is -3.07. The predicted octanol–water partition coefficient (Wildman–Crippen LogP) is 1.13. The quantitative estimate of drug-likeness (QED) is 0.645. The van der Waals surface area contributed by atoms with Crippen LogP contribution >= 0.6 is 0 Å². The number of rotatable bonds is 9. The lowest BCUT2D eigenvalue weighted by Crippen LogP contribution is -2.25. The number of methoxy groups -OCH3 is 1. The van der Waals surface area contributed by atoms with Crippen LogP contribution in [0.3, 0.4) is 0 Å². The van der Waals surface area contributed by atoms with Crippen molar-refractivity contribution in [1.82, 2.24) is 5.32 Å². The zero-order valence-electron chi connectivity index (χ0n) is 12.1. The second-order valence-corrected chi connectivity index (χ2v) is 7.86. The second kappa shape index (κ2) is 6.70. The van der Waals surface area contributed by atoms with Crippen LogP contribution in [0.15, 0.2) is 0 Å². The molecule has 0 radical (unpaired) electrons. The van der Waals surface area contributed by atoms with Crippen molar-refractivity contribution in [2.24, 2.45) is 5.41 Å².